The van der Waals surface area contributed by atoms with Gasteiger partial charge in [0.15, 0.2) is 17.5 Å². The zero-order valence-corrected chi connectivity index (χ0v) is 11.7. The Hall–Kier alpha value is -1.40. The first-order chi connectivity index (χ1) is 9.61. The lowest BCUT2D eigenvalue weighted by atomic mass is 9.98. The summed E-state index contributed by atoms with van der Waals surface area (Å²) in [6.07, 6.45) is 2.86. The molecule has 0 aliphatic heterocycles. The van der Waals surface area contributed by atoms with Gasteiger partial charge in [-0.25, -0.2) is 18.2 Å². The summed E-state index contributed by atoms with van der Waals surface area (Å²) in [6.45, 7) is 0. The standard InChI is InChI=1S/C14H13F3N2S/c1-18-9-3-2-4-10-13(9)20-14(19-10)7-5-6-8(15)12(17)11(7)16/h5-6,9,18H,2-4H2,1H3. The minimum atomic E-state index is -1.44. The van der Waals surface area contributed by atoms with Gasteiger partial charge >= 0.3 is 0 Å². The van der Waals surface area contributed by atoms with Crippen LogP contribution < -0.4 is 5.32 Å². The third kappa shape index (κ3) is 2.13. The summed E-state index contributed by atoms with van der Waals surface area (Å²) in [7, 11) is 1.87. The van der Waals surface area contributed by atoms with Gasteiger partial charge in [0.05, 0.1) is 5.69 Å². The molecule has 0 fully saturated rings. The summed E-state index contributed by atoms with van der Waals surface area (Å²) < 4.78 is 40.1. The van der Waals surface area contributed by atoms with Crippen LogP contribution in [0.3, 0.4) is 0 Å². The first-order valence-electron chi connectivity index (χ1n) is 6.42. The van der Waals surface area contributed by atoms with Crippen LogP contribution in [0.5, 0.6) is 0 Å². The van der Waals surface area contributed by atoms with Crippen molar-refractivity contribution in [2.75, 3.05) is 7.05 Å². The number of nitrogens with zero attached hydrogens (tertiary/aromatic N) is 1. The van der Waals surface area contributed by atoms with E-state index in [0.29, 0.717) is 5.01 Å². The minimum absolute atomic E-state index is 0.0261. The lowest BCUT2D eigenvalue weighted by molar-refractivity contribution is 0.449. The van der Waals surface area contributed by atoms with Crippen LogP contribution in [0.2, 0.25) is 0 Å². The van der Waals surface area contributed by atoms with Gasteiger partial charge in [-0.2, -0.15) is 0 Å². The monoisotopic (exact) mass is 298 g/mol. The maximum absolute atomic E-state index is 13.8. The average molecular weight is 298 g/mol. The van der Waals surface area contributed by atoms with Crippen molar-refractivity contribution in [3.05, 3.63) is 40.2 Å². The first-order valence-corrected chi connectivity index (χ1v) is 7.24. The molecule has 1 aromatic carbocycles. The second-order valence-electron chi connectivity index (χ2n) is 4.79. The summed E-state index contributed by atoms with van der Waals surface area (Å²) >= 11 is 1.35. The number of aromatic nitrogens is 1. The summed E-state index contributed by atoms with van der Waals surface area (Å²) in [5, 5.41) is 3.61. The van der Waals surface area contributed by atoms with E-state index in [0.717, 1.165) is 35.9 Å². The second kappa shape index (κ2) is 5.18. The van der Waals surface area contributed by atoms with Crippen molar-refractivity contribution in [2.45, 2.75) is 25.3 Å². The van der Waals surface area contributed by atoms with E-state index >= 15 is 0 Å². The van der Waals surface area contributed by atoms with Crippen molar-refractivity contribution in [3.8, 4) is 10.6 Å². The Bertz CT molecular complexity index is 654. The number of nitrogens with one attached hydrogen (secondary N) is 1. The predicted octanol–water partition coefficient (Wildman–Crippen LogP) is 3.82. The number of rotatable bonds is 2. The number of hydrogen-bond acceptors (Lipinski definition) is 3. The molecule has 2 aromatic rings. The molecule has 6 heteroatoms. The SMILES string of the molecule is CNC1CCCc2nc(-c3ccc(F)c(F)c3F)sc21. The summed E-state index contributed by atoms with van der Waals surface area (Å²) in [6, 6.07) is 2.38. The Labute approximate surface area is 118 Å². The van der Waals surface area contributed by atoms with Crippen LogP contribution >= 0.6 is 11.3 Å². The molecule has 0 amide bonds. The van der Waals surface area contributed by atoms with E-state index < -0.39 is 17.5 Å². The van der Waals surface area contributed by atoms with Gasteiger partial charge in [-0.3, -0.25) is 0 Å². The fourth-order valence-electron chi connectivity index (χ4n) is 2.50. The molecule has 1 heterocycles. The zero-order chi connectivity index (χ0) is 14.3. The molecule has 106 valence electrons. The quantitative estimate of drug-likeness (QED) is 0.853. The lowest BCUT2D eigenvalue weighted by Gasteiger charge is -2.19. The number of hydrogen-bond donors (Lipinski definition) is 1. The lowest BCUT2D eigenvalue weighted by Crippen LogP contribution is -2.19. The molecule has 1 aliphatic rings. The largest absolute Gasteiger partial charge is 0.312 e. The van der Waals surface area contributed by atoms with Gasteiger partial charge < -0.3 is 5.32 Å². The summed E-state index contributed by atoms with van der Waals surface area (Å²) in [5.74, 6) is -3.79. The molecule has 3 rings (SSSR count). The number of benzene rings is 1. The Morgan fingerprint density at radius 2 is 2.05 bits per heavy atom. The molecular weight excluding hydrogens is 285 g/mol. The molecule has 0 spiro atoms. The van der Waals surface area contributed by atoms with Gasteiger partial charge in [-0.1, -0.05) is 0 Å². The highest BCUT2D eigenvalue weighted by molar-refractivity contribution is 7.15. The van der Waals surface area contributed by atoms with Gasteiger partial charge in [0.1, 0.15) is 5.01 Å². The van der Waals surface area contributed by atoms with Crippen LogP contribution in [0.25, 0.3) is 10.6 Å². The van der Waals surface area contributed by atoms with Crippen LogP contribution in [-0.2, 0) is 6.42 Å². The Morgan fingerprint density at radius 1 is 1.25 bits per heavy atom. The number of fused-ring (bicyclic) bond motifs is 1. The van der Waals surface area contributed by atoms with Gasteiger partial charge in [-0.15, -0.1) is 11.3 Å². The van der Waals surface area contributed by atoms with Crippen molar-refractivity contribution < 1.29 is 13.2 Å². The third-order valence-electron chi connectivity index (χ3n) is 3.56. The maximum atomic E-state index is 13.8. The first kappa shape index (κ1) is 13.6. The molecule has 1 atom stereocenters. The van der Waals surface area contributed by atoms with Crippen molar-refractivity contribution in [1.82, 2.24) is 10.3 Å². The topological polar surface area (TPSA) is 24.9 Å². The molecule has 0 saturated heterocycles. The maximum Gasteiger partial charge on any atom is 0.195 e. The van der Waals surface area contributed by atoms with Crippen molar-refractivity contribution >= 4 is 11.3 Å². The fourth-order valence-corrected chi connectivity index (χ4v) is 3.78. The normalized spacial score (nSPS) is 18.1. The van der Waals surface area contributed by atoms with Crippen LogP contribution in [0.1, 0.15) is 29.5 Å². The smallest absolute Gasteiger partial charge is 0.195 e. The minimum Gasteiger partial charge on any atom is -0.312 e. The number of aryl methyl sites for hydroxylation is 1. The van der Waals surface area contributed by atoms with Crippen LogP contribution in [0.4, 0.5) is 13.2 Å². The molecule has 1 unspecified atom stereocenters. The van der Waals surface area contributed by atoms with Gasteiger partial charge in [0.2, 0.25) is 0 Å². The summed E-state index contributed by atoms with van der Waals surface area (Å²) in [5.41, 5.74) is 0.956. The highest BCUT2D eigenvalue weighted by atomic mass is 32.1. The Kier molecular flexibility index (Phi) is 3.52. The average Bonchev–Trinajstić information content (AvgIpc) is 2.88. The van der Waals surface area contributed by atoms with Crippen LogP contribution in [-0.4, -0.2) is 12.0 Å². The third-order valence-corrected chi connectivity index (χ3v) is 4.81. The highest BCUT2D eigenvalue weighted by Gasteiger charge is 2.25. The molecule has 0 saturated carbocycles. The molecule has 1 N–H and O–H groups in total. The van der Waals surface area contributed by atoms with Gasteiger partial charge in [0, 0.05) is 16.5 Å². The van der Waals surface area contributed by atoms with E-state index in [4.69, 9.17) is 0 Å². The summed E-state index contributed by atoms with van der Waals surface area (Å²) in [4.78, 5) is 5.47. The number of thiazole rings is 1. The Morgan fingerprint density at radius 3 is 2.80 bits per heavy atom. The van der Waals surface area contributed by atoms with Crippen molar-refractivity contribution in [3.63, 3.8) is 0 Å². The molecule has 0 bridgehead atoms. The molecule has 20 heavy (non-hydrogen) atoms. The van der Waals surface area contributed by atoms with E-state index in [-0.39, 0.29) is 11.6 Å². The van der Waals surface area contributed by atoms with Gasteiger partial charge in [0.25, 0.3) is 0 Å². The highest BCUT2D eigenvalue weighted by Crippen LogP contribution is 2.38. The molecule has 1 aliphatic carbocycles. The van der Waals surface area contributed by atoms with Crippen LogP contribution in [0.15, 0.2) is 12.1 Å². The van der Waals surface area contributed by atoms with Crippen LogP contribution in [0, 0.1) is 17.5 Å². The van der Waals surface area contributed by atoms with E-state index in [1.165, 1.54) is 17.4 Å². The fraction of sp³-hybridized carbons (Fsp3) is 0.357. The molecular formula is C14H13F3N2S. The Balaban J connectivity index is 2.08. The molecule has 2 nitrogen and oxygen atoms in total. The predicted molar refractivity (Wildman–Crippen MR) is 72.2 cm³/mol. The number of halogens is 3. The van der Waals surface area contributed by atoms with E-state index in [1.54, 1.807) is 0 Å². The van der Waals surface area contributed by atoms with Crippen molar-refractivity contribution in [2.24, 2.45) is 0 Å². The molecule has 0 radical (unpaired) electrons. The van der Waals surface area contributed by atoms with E-state index in [9.17, 15) is 13.2 Å². The zero-order valence-electron chi connectivity index (χ0n) is 10.8. The van der Waals surface area contributed by atoms with Crippen molar-refractivity contribution in [1.29, 1.82) is 0 Å². The van der Waals surface area contributed by atoms with E-state index in [1.807, 2.05) is 7.05 Å². The van der Waals surface area contributed by atoms with Gasteiger partial charge in [-0.05, 0) is 38.4 Å². The second-order valence-corrected chi connectivity index (χ2v) is 5.82. The van der Waals surface area contributed by atoms with E-state index in [2.05, 4.69) is 10.3 Å². The molecule has 1 aromatic heterocycles.